The first-order valence-electron chi connectivity index (χ1n) is 10.0. The number of carbonyl (C=O) groups excluding carboxylic acids is 1. The Morgan fingerprint density at radius 3 is 2.43 bits per heavy atom. The van der Waals surface area contributed by atoms with Crippen LogP contribution in [0.3, 0.4) is 0 Å². The number of hydrogen-bond donors (Lipinski definition) is 2. The molecule has 0 bridgehead atoms. The molecule has 1 aliphatic rings. The van der Waals surface area contributed by atoms with Crippen molar-refractivity contribution in [3.63, 3.8) is 0 Å². The fourth-order valence-corrected chi connectivity index (χ4v) is 4.12. The zero-order chi connectivity index (χ0) is 20.8. The van der Waals surface area contributed by atoms with Gasteiger partial charge in [0.2, 0.25) is 11.8 Å². The van der Waals surface area contributed by atoms with Crippen molar-refractivity contribution >= 4 is 40.6 Å². The lowest BCUT2D eigenvalue weighted by Gasteiger charge is -2.23. The summed E-state index contributed by atoms with van der Waals surface area (Å²) < 4.78 is 5.61. The van der Waals surface area contributed by atoms with Crippen LogP contribution in [-0.4, -0.2) is 27.9 Å². The maximum atomic E-state index is 12.2. The van der Waals surface area contributed by atoms with E-state index in [-0.39, 0.29) is 11.7 Å². The van der Waals surface area contributed by atoms with Gasteiger partial charge in [0.1, 0.15) is 0 Å². The van der Waals surface area contributed by atoms with Crippen molar-refractivity contribution < 1.29 is 9.21 Å². The summed E-state index contributed by atoms with van der Waals surface area (Å²) in [6.07, 6.45) is 6.39. The highest BCUT2D eigenvalue weighted by Crippen LogP contribution is 2.25. The Bertz CT molecular complexity index is 970. The molecule has 0 unspecified atom stereocenters. The first kappa shape index (κ1) is 20.8. The minimum Gasteiger partial charge on any atom is -0.411 e. The molecule has 2 aromatic carbocycles. The van der Waals surface area contributed by atoms with E-state index in [1.807, 2.05) is 36.4 Å². The van der Waals surface area contributed by atoms with Gasteiger partial charge in [-0.15, -0.1) is 10.2 Å². The van der Waals surface area contributed by atoms with Gasteiger partial charge in [0.15, 0.2) is 0 Å². The average Bonchev–Trinajstić information content (AvgIpc) is 3.24. The summed E-state index contributed by atoms with van der Waals surface area (Å²) in [4.78, 5) is 12.2. The van der Waals surface area contributed by atoms with Crippen LogP contribution in [0.4, 0.5) is 11.4 Å². The third-order valence-electron chi connectivity index (χ3n) is 4.97. The molecule has 6 nitrogen and oxygen atoms in total. The van der Waals surface area contributed by atoms with E-state index in [4.69, 9.17) is 16.0 Å². The van der Waals surface area contributed by atoms with Crippen LogP contribution in [-0.2, 0) is 4.79 Å². The topological polar surface area (TPSA) is 80.0 Å². The van der Waals surface area contributed by atoms with Crippen molar-refractivity contribution in [3.05, 3.63) is 53.6 Å². The van der Waals surface area contributed by atoms with Crippen LogP contribution in [0.1, 0.15) is 32.1 Å². The molecule has 0 radical (unpaired) electrons. The van der Waals surface area contributed by atoms with Crippen molar-refractivity contribution in [2.75, 3.05) is 16.4 Å². The third kappa shape index (κ3) is 5.77. The Morgan fingerprint density at radius 2 is 1.70 bits per heavy atom. The lowest BCUT2D eigenvalue weighted by molar-refractivity contribution is -0.113. The number of nitrogens with one attached hydrogen (secondary N) is 2. The predicted octanol–water partition coefficient (Wildman–Crippen LogP) is 5.87. The highest BCUT2D eigenvalue weighted by Gasteiger charge is 2.14. The van der Waals surface area contributed by atoms with E-state index in [9.17, 15) is 4.79 Å². The summed E-state index contributed by atoms with van der Waals surface area (Å²) in [5.41, 5.74) is 2.64. The second-order valence-electron chi connectivity index (χ2n) is 7.27. The van der Waals surface area contributed by atoms with Crippen LogP contribution in [0.15, 0.2) is 58.2 Å². The smallest absolute Gasteiger partial charge is 0.277 e. The van der Waals surface area contributed by atoms with Crippen LogP contribution in [0.5, 0.6) is 0 Å². The van der Waals surface area contributed by atoms with Crippen LogP contribution in [0.25, 0.3) is 11.5 Å². The number of halogens is 1. The summed E-state index contributed by atoms with van der Waals surface area (Å²) in [5.74, 6) is 0.458. The molecule has 2 N–H and O–H groups in total. The number of carbonyl (C=O) groups is 1. The molecule has 0 aliphatic heterocycles. The second kappa shape index (κ2) is 10.00. The van der Waals surface area contributed by atoms with Gasteiger partial charge >= 0.3 is 0 Å². The maximum Gasteiger partial charge on any atom is 0.277 e. The molecule has 0 spiro atoms. The van der Waals surface area contributed by atoms with Crippen LogP contribution in [0.2, 0.25) is 5.02 Å². The molecule has 0 atom stereocenters. The van der Waals surface area contributed by atoms with E-state index in [1.54, 1.807) is 12.1 Å². The average molecular weight is 443 g/mol. The van der Waals surface area contributed by atoms with Crippen molar-refractivity contribution in [2.24, 2.45) is 0 Å². The number of hydrogen-bond acceptors (Lipinski definition) is 6. The molecule has 8 heteroatoms. The Morgan fingerprint density at radius 1 is 1.00 bits per heavy atom. The van der Waals surface area contributed by atoms with Gasteiger partial charge in [-0.3, -0.25) is 4.79 Å². The fourth-order valence-electron chi connectivity index (χ4n) is 3.43. The Kier molecular flexibility index (Phi) is 6.92. The highest BCUT2D eigenvalue weighted by atomic mass is 35.5. The molecule has 1 aliphatic carbocycles. The number of aromatic nitrogens is 2. The van der Waals surface area contributed by atoms with Crippen LogP contribution in [0, 0.1) is 0 Å². The van der Waals surface area contributed by atoms with Crippen LogP contribution >= 0.6 is 23.4 Å². The molecule has 1 aromatic heterocycles. The minimum absolute atomic E-state index is 0.126. The molecule has 30 heavy (non-hydrogen) atoms. The number of benzene rings is 2. The Labute approximate surface area is 184 Å². The van der Waals surface area contributed by atoms with Gasteiger partial charge in [0.05, 0.1) is 5.75 Å². The maximum absolute atomic E-state index is 12.2. The summed E-state index contributed by atoms with van der Waals surface area (Å²) in [6, 6.07) is 15.5. The van der Waals surface area contributed by atoms with Gasteiger partial charge < -0.3 is 15.1 Å². The summed E-state index contributed by atoms with van der Waals surface area (Å²) >= 11 is 7.09. The molecule has 0 saturated heterocycles. The van der Waals surface area contributed by atoms with E-state index in [0.717, 1.165) is 16.9 Å². The largest absolute Gasteiger partial charge is 0.411 e. The number of amides is 1. The standard InChI is InChI=1S/C22H23ClN4O2S/c23-16-8-6-15(7-9-16)21-26-27-22(29-21)30-14-20(28)25-19-12-10-18(11-13-19)24-17-4-2-1-3-5-17/h6-13,17,24H,1-5,14H2,(H,25,28). The van der Waals surface area contributed by atoms with Crippen molar-refractivity contribution in [1.29, 1.82) is 0 Å². The second-order valence-corrected chi connectivity index (χ2v) is 8.64. The minimum atomic E-state index is -0.126. The summed E-state index contributed by atoms with van der Waals surface area (Å²) in [5, 5.41) is 15.5. The Hall–Kier alpha value is -2.51. The first-order chi connectivity index (χ1) is 14.7. The molecular formula is C22H23ClN4O2S. The van der Waals surface area contributed by atoms with Gasteiger partial charge in [0, 0.05) is 28.0 Å². The lowest BCUT2D eigenvalue weighted by Crippen LogP contribution is -2.22. The fraction of sp³-hybridized carbons (Fsp3) is 0.318. The predicted molar refractivity (Wildman–Crippen MR) is 121 cm³/mol. The van der Waals surface area contributed by atoms with Crippen LogP contribution < -0.4 is 10.6 Å². The molecular weight excluding hydrogens is 420 g/mol. The van der Waals surface area contributed by atoms with E-state index < -0.39 is 0 Å². The van der Waals surface area contributed by atoms with Gasteiger partial charge in [-0.05, 0) is 61.4 Å². The van der Waals surface area contributed by atoms with Crippen molar-refractivity contribution in [2.45, 2.75) is 43.4 Å². The molecule has 1 saturated carbocycles. The molecule has 156 valence electrons. The SMILES string of the molecule is O=C(CSc1nnc(-c2ccc(Cl)cc2)o1)Nc1ccc(NC2CCCCC2)cc1. The third-order valence-corrected chi connectivity index (χ3v) is 6.04. The number of anilines is 2. The van der Waals surface area contributed by atoms with E-state index in [1.165, 1.54) is 43.9 Å². The number of rotatable bonds is 7. The quantitative estimate of drug-likeness (QED) is 0.445. The van der Waals surface area contributed by atoms with Crippen molar-refractivity contribution in [1.82, 2.24) is 10.2 Å². The normalized spacial score (nSPS) is 14.4. The molecule has 3 aromatic rings. The van der Waals surface area contributed by atoms with E-state index in [0.29, 0.717) is 22.2 Å². The van der Waals surface area contributed by atoms with Gasteiger partial charge in [-0.2, -0.15) is 0 Å². The highest BCUT2D eigenvalue weighted by molar-refractivity contribution is 7.99. The van der Waals surface area contributed by atoms with Gasteiger partial charge in [-0.1, -0.05) is 42.6 Å². The monoisotopic (exact) mass is 442 g/mol. The first-order valence-corrected chi connectivity index (χ1v) is 11.4. The summed E-state index contributed by atoms with van der Waals surface area (Å²) in [6.45, 7) is 0. The van der Waals surface area contributed by atoms with E-state index >= 15 is 0 Å². The number of nitrogens with zero attached hydrogens (tertiary/aromatic N) is 2. The lowest BCUT2D eigenvalue weighted by atomic mass is 9.95. The zero-order valence-electron chi connectivity index (χ0n) is 16.4. The molecule has 1 heterocycles. The van der Waals surface area contributed by atoms with Gasteiger partial charge in [0.25, 0.3) is 5.22 Å². The Balaban J connectivity index is 1.25. The molecule has 1 amide bonds. The molecule has 1 fully saturated rings. The molecule has 4 rings (SSSR count). The number of thioether (sulfide) groups is 1. The zero-order valence-corrected chi connectivity index (χ0v) is 18.0. The van der Waals surface area contributed by atoms with Gasteiger partial charge in [-0.25, -0.2) is 0 Å². The van der Waals surface area contributed by atoms with Crippen molar-refractivity contribution in [3.8, 4) is 11.5 Å². The summed E-state index contributed by atoms with van der Waals surface area (Å²) in [7, 11) is 0. The van der Waals surface area contributed by atoms with E-state index in [2.05, 4.69) is 20.8 Å².